The molecule has 15 heavy (non-hydrogen) atoms. The van der Waals surface area contributed by atoms with E-state index in [0.29, 0.717) is 24.3 Å². The number of rotatable bonds is 6. The molecule has 0 aliphatic heterocycles. The minimum Gasteiger partial charge on any atom is -0.399 e. The fraction of sp³-hybridized carbons (Fsp3) is 0.727. The molecular formula is C11H20N2O2. The average Bonchev–Trinajstić information content (AvgIpc) is 2.19. The van der Waals surface area contributed by atoms with Crippen molar-refractivity contribution < 1.29 is 9.47 Å². The predicted octanol–water partition coefficient (Wildman–Crippen LogP) is 1.92. The van der Waals surface area contributed by atoms with Gasteiger partial charge in [-0.25, -0.2) is 0 Å². The Balaban J connectivity index is 4.39. The molecule has 0 spiro atoms. The van der Waals surface area contributed by atoms with E-state index in [4.69, 9.17) is 20.5 Å². The molecule has 0 aromatic heterocycles. The molecule has 0 fully saturated rings. The molecule has 0 aromatic rings. The second kappa shape index (κ2) is 7.27. The van der Waals surface area contributed by atoms with Gasteiger partial charge in [0.15, 0.2) is 6.29 Å². The molecule has 2 atom stereocenters. The van der Waals surface area contributed by atoms with E-state index in [9.17, 15) is 0 Å². The number of ether oxygens (including phenoxy) is 2. The van der Waals surface area contributed by atoms with Crippen LogP contribution in [0.4, 0.5) is 0 Å². The zero-order chi connectivity index (χ0) is 11.8. The van der Waals surface area contributed by atoms with Gasteiger partial charge in [0, 0.05) is 6.61 Å². The number of nitriles is 1. The highest BCUT2D eigenvalue weighted by Crippen LogP contribution is 2.11. The summed E-state index contributed by atoms with van der Waals surface area (Å²) in [5.74, 6) is 0. The van der Waals surface area contributed by atoms with E-state index in [1.165, 1.54) is 0 Å². The topological polar surface area (TPSA) is 68.3 Å². The Hall–Kier alpha value is -1.05. The summed E-state index contributed by atoms with van der Waals surface area (Å²) in [7, 11) is 0. The molecule has 0 rings (SSSR count). The molecule has 0 amide bonds. The first-order valence-corrected chi connectivity index (χ1v) is 5.22. The van der Waals surface area contributed by atoms with Gasteiger partial charge in [-0.3, -0.25) is 0 Å². The van der Waals surface area contributed by atoms with E-state index in [0.717, 1.165) is 0 Å². The maximum atomic E-state index is 8.81. The molecule has 4 heteroatoms. The first-order chi connectivity index (χ1) is 7.06. The molecule has 4 nitrogen and oxygen atoms in total. The van der Waals surface area contributed by atoms with Gasteiger partial charge < -0.3 is 15.2 Å². The van der Waals surface area contributed by atoms with Gasteiger partial charge in [-0.05, 0) is 27.2 Å². The quantitative estimate of drug-likeness (QED) is 0.539. The number of nitrogens with zero attached hydrogens (tertiary/aromatic N) is 1. The van der Waals surface area contributed by atoms with E-state index in [1.54, 1.807) is 0 Å². The summed E-state index contributed by atoms with van der Waals surface area (Å²) in [6, 6.07) is 2.07. The van der Waals surface area contributed by atoms with Gasteiger partial charge in [0.25, 0.3) is 0 Å². The van der Waals surface area contributed by atoms with E-state index in [1.807, 2.05) is 27.7 Å². The number of hydrogen-bond donors (Lipinski definition) is 1. The van der Waals surface area contributed by atoms with Gasteiger partial charge in [-0.2, -0.15) is 5.26 Å². The highest BCUT2D eigenvalue weighted by molar-refractivity contribution is 5.27. The highest BCUT2D eigenvalue weighted by atomic mass is 16.7. The van der Waals surface area contributed by atoms with Crippen LogP contribution in [-0.4, -0.2) is 19.0 Å². The van der Waals surface area contributed by atoms with Gasteiger partial charge >= 0.3 is 0 Å². The summed E-state index contributed by atoms with van der Waals surface area (Å²) in [6.07, 6.45) is 0.0282. The SMILES string of the molecule is CCOC(C)OC(C)C(N)=C(C#N)CC. The van der Waals surface area contributed by atoms with Crippen LogP contribution in [0.3, 0.4) is 0 Å². The van der Waals surface area contributed by atoms with Gasteiger partial charge in [0.2, 0.25) is 0 Å². The molecule has 2 unspecified atom stereocenters. The Morgan fingerprint density at radius 2 is 2.00 bits per heavy atom. The Bertz CT molecular complexity index is 256. The Morgan fingerprint density at radius 1 is 1.40 bits per heavy atom. The lowest BCUT2D eigenvalue weighted by Gasteiger charge is -2.20. The monoisotopic (exact) mass is 212 g/mol. The summed E-state index contributed by atoms with van der Waals surface area (Å²) in [5, 5.41) is 8.81. The van der Waals surface area contributed by atoms with Crippen LogP contribution in [0.25, 0.3) is 0 Å². The van der Waals surface area contributed by atoms with Crippen molar-refractivity contribution in [3.05, 3.63) is 11.3 Å². The molecule has 0 aliphatic carbocycles. The lowest BCUT2D eigenvalue weighted by Crippen LogP contribution is -2.26. The predicted molar refractivity (Wildman–Crippen MR) is 58.8 cm³/mol. The average molecular weight is 212 g/mol. The van der Waals surface area contributed by atoms with Crippen molar-refractivity contribution in [2.75, 3.05) is 6.61 Å². The van der Waals surface area contributed by atoms with Crippen LogP contribution in [0.1, 0.15) is 34.1 Å². The minimum atomic E-state index is -0.305. The van der Waals surface area contributed by atoms with Gasteiger partial charge in [-0.15, -0.1) is 0 Å². The molecule has 0 radical (unpaired) electrons. The highest BCUT2D eigenvalue weighted by Gasteiger charge is 2.13. The smallest absolute Gasteiger partial charge is 0.155 e. The number of allylic oxidation sites excluding steroid dienone is 1. The minimum absolute atomic E-state index is 0.291. The van der Waals surface area contributed by atoms with Gasteiger partial charge in [-0.1, -0.05) is 6.92 Å². The van der Waals surface area contributed by atoms with Crippen molar-refractivity contribution in [2.24, 2.45) is 5.73 Å². The third-order valence-corrected chi connectivity index (χ3v) is 2.07. The summed E-state index contributed by atoms with van der Waals surface area (Å²) in [6.45, 7) is 8.01. The van der Waals surface area contributed by atoms with Crippen LogP contribution >= 0.6 is 0 Å². The maximum Gasteiger partial charge on any atom is 0.155 e. The number of hydrogen-bond acceptors (Lipinski definition) is 4. The van der Waals surface area contributed by atoms with Gasteiger partial charge in [0.1, 0.15) is 0 Å². The molecule has 86 valence electrons. The molecule has 0 saturated carbocycles. The van der Waals surface area contributed by atoms with Crippen LogP contribution in [0.5, 0.6) is 0 Å². The Morgan fingerprint density at radius 3 is 2.40 bits per heavy atom. The van der Waals surface area contributed by atoms with Crippen LogP contribution < -0.4 is 5.73 Å². The third kappa shape index (κ3) is 4.82. The molecule has 0 bridgehead atoms. The van der Waals surface area contributed by atoms with E-state index in [-0.39, 0.29) is 12.4 Å². The fourth-order valence-corrected chi connectivity index (χ4v) is 1.23. The largest absolute Gasteiger partial charge is 0.399 e. The normalized spacial score (nSPS) is 16.5. The van der Waals surface area contributed by atoms with Crippen molar-refractivity contribution in [2.45, 2.75) is 46.5 Å². The maximum absolute atomic E-state index is 8.81. The van der Waals surface area contributed by atoms with Crippen molar-refractivity contribution in [1.29, 1.82) is 5.26 Å². The standard InChI is InChI=1S/C11H20N2O2/c1-5-10(7-12)11(13)8(3)15-9(4)14-6-2/h8-9H,5-6,13H2,1-4H3. The van der Waals surface area contributed by atoms with Crippen LogP contribution in [-0.2, 0) is 9.47 Å². The van der Waals surface area contributed by atoms with Crippen molar-refractivity contribution in [3.8, 4) is 6.07 Å². The van der Waals surface area contributed by atoms with E-state index < -0.39 is 0 Å². The lowest BCUT2D eigenvalue weighted by molar-refractivity contribution is -0.144. The van der Waals surface area contributed by atoms with E-state index in [2.05, 4.69) is 6.07 Å². The summed E-state index contributed by atoms with van der Waals surface area (Å²) in [4.78, 5) is 0. The first-order valence-electron chi connectivity index (χ1n) is 5.22. The summed E-state index contributed by atoms with van der Waals surface area (Å²) < 4.78 is 10.7. The lowest BCUT2D eigenvalue weighted by atomic mass is 10.1. The summed E-state index contributed by atoms with van der Waals surface area (Å²) in [5.41, 5.74) is 6.87. The molecule has 0 heterocycles. The van der Waals surface area contributed by atoms with Crippen molar-refractivity contribution in [1.82, 2.24) is 0 Å². The van der Waals surface area contributed by atoms with Crippen molar-refractivity contribution >= 4 is 0 Å². The molecule has 2 N–H and O–H groups in total. The zero-order valence-corrected chi connectivity index (χ0v) is 9.91. The van der Waals surface area contributed by atoms with Crippen LogP contribution in [0.2, 0.25) is 0 Å². The Labute approximate surface area is 91.7 Å². The van der Waals surface area contributed by atoms with Crippen molar-refractivity contribution in [3.63, 3.8) is 0 Å². The second-order valence-electron chi connectivity index (χ2n) is 3.20. The Kier molecular flexibility index (Phi) is 6.76. The zero-order valence-electron chi connectivity index (χ0n) is 9.91. The van der Waals surface area contributed by atoms with Gasteiger partial charge in [0.05, 0.1) is 23.4 Å². The second-order valence-corrected chi connectivity index (χ2v) is 3.20. The summed E-state index contributed by atoms with van der Waals surface area (Å²) >= 11 is 0. The van der Waals surface area contributed by atoms with Crippen LogP contribution in [0, 0.1) is 11.3 Å². The molecular weight excluding hydrogens is 192 g/mol. The van der Waals surface area contributed by atoms with Crippen LogP contribution in [0.15, 0.2) is 11.3 Å². The third-order valence-electron chi connectivity index (χ3n) is 2.07. The molecule has 0 saturated heterocycles. The number of nitrogens with two attached hydrogens (primary N) is 1. The molecule has 0 aromatic carbocycles. The molecule has 0 aliphatic rings. The first kappa shape index (κ1) is 13.9. The fourth-order valence-electron chi connectivity index (χ4n) is 1.23. The van der Waals surface area contributed by atoms with E-state index >= 15 is 0 Å².